The number of fused-ring (bicyclic) bond motifs is 4. The number of carbonyl (C=O) groups is 2. The summed E-state index contributed by atoms with van der Waals surface area (Å²) in [6, 6.07) is 0. The second kappa shape index (κ2) is 32.4. The zero-order valence-corrected chi connectivity index (χ0v) is 67.9. The Morgan fingerprint density at radius 3 is 1.14 bits per heavy atom. The first-order valence-corrected chi connectivity index (χ1v) is 45.6. The van der Waals surface area contributed by atoms with Gasteiger partial charge in [-0.25, -0.2) is 48.3 Å². The number of sulfone groups is 1. The monoisotopic (exact) mass is 1510 g/mol. The van der Waals surface area contributed by atoms with Gasteiger partial charge in [0.05, 0.1) is 37.4 Å². The highest BCUT2D eigenvalue weighted by Crippen LogP contribution is 2.52. The zero-order valence-electron chi connectivity index (χ0n) is 61.4. The van der Waals surface area contributed by atoms with Gasteiger partial charge in [0.2, 0.25) is 11.8 Å². The van der Waals surface area contributed by atoms with Gasteiger partial charge in [-0.1, -0.05) is 145 Å². The molecule has 11 rings (SSSR count). The molecule has 8 atom stereocenters. The Morgan fingerprint density at radius 2 is 0.850 bits per heavy atom. The van der Waals surface area contributed by atoms with Crippen LogP contribution in [0.4, 0.5) is 11.6 Å². The number of ether oxygens (including phenoxy) is 4. The van der Waals surface area contributed by atoms with Gasteiger partial charge in [0, 0.05) is 36.6 Å². The number of carbonyl (C=O) groups excluding carboxylic acids is 2. The number of anilines is 2. The molecule has 0 aromatic carbocycles. The first-order valence-electron chi connectivity index (χ1n) is 35.0. The predicted molar refractivity (Wildman–Crippen MR) is 396 cm³/mol. The minimum atomic E-state index is -3.02. The van der Waals surface area contributed by atoms with E-state index in [1.165, 1.54) is 12.7 Å². The van der Waals surface area contributed by atoms with Crippen molar-refractivity contribution < 1.29 is 62.9 Å². The van der Waals surface area contributed by atoms with Crippen molar-refractivity contribution >= 4 is 125 Å². The van der Waals surface area contributed by atoms with Gasteiger partial charge in [0.1, 0.15) is 59.6 Å². The molecule has 28 nitrogen and oxygen atoms in total. The van der Waals surface area contributed by atoms with E-state index in [-0.39, 0.29) is 91.5 Å². The van der Waals surface area contributed by atoms with Crippen LogP contribution in [-0.2, 0) is 64.3 Å². The number of rotatable bonds is 16. The summed E-state index contributed by atoms with van der Waals surface area (Å²) >= 11 is 11.5. The summed E-state index contributed by atoms with van der Waals surface area (Å²) in [5, 5.41) is 6.12. The Kier molecular flexibility index (Phi) is 25.6. The fraction of sp³-hybridized carbons (Fsp3) is 0.692. The van der Waals surface area contributed by atoms with Crippen molar-refractivity contribution in [2.24, 2.45) is 11.8 Å². The van der Waals surface area contributed by atoms with Crippen LogP contribution in [0.5, 0.6) is 0 Å². The molecule has 0 radical (unpaired) electrons. The number of imidazole rings is 4. The van der Waals surface area contributed by atoms with E-state index in [0.29, 0.717) is 45.5 Å². The largest absolute Gasteiger partial charge is 0.459 e. The van der Waals surface area contributed by atoms with E-state index in [1.54, 1.807) is 68.4 Å². The average Bonchev–Trinajstić information content (AvgIpc) is 1.44. The van der Waals surface area contributed by atoms with Gasteiger partial charge in [-0.15, -0.1) is 0 Å². The molecule has 5 saturated heterocycles. The second-order valence-corrected chi connectivity index (χ2v) is 50.2. The van der Waals surface area contributed by atoms with Crippen molar-refractivity contribution in [3.63, 3.8) is 0 Å². The van der Waals surface area contributed by atoms with Gasteiger partial charge in [0.25, 0.3) is 10.3 Å². The molecular formula is C65H104N14O14S3Si4. The first-order chi connectivity index (χ1) is 47.1. The number of hydrogen-bond donors (Lipinski definition) is 2. The van der Waals surface area contributed by atoms with Crippen molar-refractivity contribution in [2.45, 2.75) is 251 Å². The lowest BCUT2D eigenvalue weighted by Gasteiger charge is -2.51. The number of thiocarbonyl (C=S) groups is 2. The molecule has 11 heterocycles. The van der Waals surface area contributed by atoms with Crippen LogP contribution in [0, 0.1) is 11.8 Å². The smallest absolute Gasteiger partial charge is 0.335 e. The van der Waals surface area contributed by atoms with Gasteiger partial charge in [-0.05, 0) is 81.6 Å². The van der Waals surface area contributed by atoms with Crippen molar-refractivity contribution in [1.29, 1.82) is 0 Å². The predicted octanol–water partition coefficient (Wildman–Crippen LogP) is 12.0. The summed E-state index contributed by atoms with van der Waals surface area (Å²) in [6.07, 6.45) is 13.6. The molecule has 35 heteroatoms. The number of amides is 2. The van der Waals surface area contributed by atoms with Crippen molar-refractivity contribution in [3.05, 3.63) is 62.8 Å². The second-order valence-electron chi connectivity index (χ2n) is 29.5. The molecule has 6 aromatic heterocycles. The minimum Gasteiger partial charge on any atom is -0.459 e. The molecule has 5 aliphatic heterocycles. The third-order valence-corrected chi connectivity index (χ3v) is 42.3. The Morgan fingerprint density at radius 1 is 0.500 bits per heavy atom. The molecular weight excluding hydrogens is 1410 g/mol. The maximum absolute atomic E-state index is 12.6. The van der Waals surface area contributed by atoms with Crippen LogP contribution in [0.15, 0.2) is 62.8 Å². The van der Waals surface area contributed by atoms with Crippen LogP contribution in [0.3, 0.4) is 0 Å². The van der Waals surface area contributed by atoms with Crippen molar-refractivity contribution in [3.8, 4) is 0 Å². The SMILES string of the molecule is CC(C)C(=O)Nc1ncnc2c1ncn2[C@@H]1O[C@@H]2CO[Si](C(C)C)(C(C)C)O[Si](C(C)C)(C(C)C)OC2[C@@H]1OC(=S)n1ccnc1.CC(C)C(=O)Nc1ncnc2c1ncn2[C@@H]1O[C@@H]2CO[Si](C(C)C)(C(C)C)O[Si](C(C)C)(C(C)C)OC2[C@@H]1OC(=S)n1ccnc1.O=S1(=O)CCCCC1. The van der Waals surface area contributed by atoms with Crippen LogP contribution in [0.2, 0.25) is 44.3 Å². The lowest BCUT2D eigenvalue weighted by Crippen LogP contribution is -2.66. The molecule has 5 aliphatic rings. The summed E-state index contributed by atoms with van der Waals surface area (Å²) in [5.74, 6) is 0.675. The quantitative estimate of drug-likeness (QED) is 0.0672. The van der Waals surface area contributed by atoms with E-state index in [2.05, 4.69) is 161 Å². The van der Waals surface area contributed by atoms with E-state index in [9.17, 15) is 18.0 Å². The van der Waals surface area contributed by atoms with Crippen LogP contribution in [-0.4, -0.2) is 184 Å². The third-order valence-electron chi connectivity index (χ3n) is 19.3. The van der Waals surface area contributed by atoms with Crippen molar-refractivity contribution in [1.82, 2.24) is 58.1 Å². The Hall–Kier alpha value is -5.26. The van der Waals surface area contributed by atoms with Gasteiger partial charge in [0.15, 0.2) is 58.6 Å². The average molecular weight is 1510 g/mol. The Labute approximate surface area is 603 Å². The molecule has 6 aromatic rings. The number of nitrogens with zero attached hydrogens (tertiary/aromatic N) is 12. The van der Waals surface area contributed by atoms with Crippen LogP contribution >= 0.6 is 24.4 Å². The standard InChI is InChI=1S/2C30H47N7O6SSi2.C5H10O2S/c2*1-17(2)28(38)35-26-23-27(33-14-32-26)37(16-34-23)29-25(41-30(44)36-12-11-31-15-36)24-22(40-29)13-39-45(18(3)4,19(5)6)43-46(42-24,20(7)8)21(9)10;6-8(7)4-2-1-3-5-8/h2*11-12,14-22,24-25,29H,13H2,1-10H3,(H,32,33,35,38);1-5H2/t2*22-,24?,25+,29-;/m11./s1. The Bertz CT molecular complexity index is 3610. The molecule has 0 saturated carbocycles. The van der Waals surface area contributed by atoms with Crippen LogP contribution in [0.1, 0.15) is 170 Å². The van der Waals surface area contributed by atoms with E-state index >= 15 is 0 Å². The summed E-state index contributed by atoms with van der Waals surface area (Å²) in [7, 11) is -14.2. The van der Waals surface area contributed by atoms with Gasteiger partial charge >= 0.3 is 34.2 Å². The highest BCUT2D eigenvalue weighted by atomic mass is 32.2. The third kappa shape index (κ3) is 16.3. The highest BCUT2D eigenvalue weighted by molar-refractivity contribution is 7.91. The van der Waals surface area contributed by atoms with E-state index in [0.717, 1.165) is 19.3 Å². The van der Waals surface area contributed by atoms with Gasteiger partial charge in [-0.2, -0.15) is 0 Å². The van der Waals surface area contributed by atoms with E-state index in [1.807, 2.05) is 27.7 Å². The van der Waals surface area contributed by atoms with E-state index in [4.69, 9.17) is 69.3 Å². The molecule has 5 fully saturated rings. The molecule has 2 amide bonds. The fourth-order valence-electron chi connectivity index (χ4n) is 13.7. The molecule has 552 valence electrons. The minimum absolute atomic E-state index is 0.105. The van der Waals surface area contributed by atoms with Gasteiger partial charge < -0.3 is 55.5 Å². The van der Waals surface area contributed by atoms with E-state index < -0.39 is 93.2 Å². The van der Waals surface area contributed by atoms with Crippen LogP contribution in [0.25, 0.3) is 22.3 Å². The maximum atomic E-state index is 12.6. The first kappa shape index (κ1) is 78.9. The summed E-state index contributed by atoms with van der Waals surface area (Å²) in [5.41, 5.74) is 2.96. The normalized spacial score (nSPS) is 24.7. The Balaban J connectivity index is 0.000000209. The zero-order chi connectivity index (χ0) is 73.1. The molecule has 2 N–H and O–H groups in total. The summed E-state index contributed by atoms with van der Waals surface area (Å²) < 4.78 is 98.6. The lowest BCUT2D eigenvalue weighted by atomic mass is 10.1. The topological polar surface area (TPSA) is 307 Å². The molecule has 0 spiro atoms. The fourth-order valence-corrected chi connectivity index (χ4v) is 38.1. The number of hydrogen-bond acceptors (Lipinski definition) is 24. The number of aromatic nitrogens is 12. The van der Waals surface area contributed by atoms with Crippen molar-refractivity contribution in [2.75, 3.05) is 35.4 Å². The number of nitrogens with one attached hydrogen (secondary N) is 2. The molecule has 2 unspecified atom stereocenters. The maximum Gasteiger partial charge on any atom is 0.335 e. The summed E-state index contributed by atoms with van der Waals surface area (Å²) in [6.45, 7) is 42.7. The summed E-state index contributed by atoms with van der Waals surface area (Å²) in [4.78, 5) is 60.3. The molecule has 0 bridgehead atoms. The van der Waals surface area contributed by atoms with Crippen LogP contribution < -0.4 is 10.6 Å². The highest BCUT2D eigenvalue weighted by Gasteiger charge is 2.65. The molecule has 0 aliphatic carbocycles. The van der Waals surface area contributed by atoms with Gasteiger partial charge in [-0.3, -0.25) is 27.9 Å². The lowest BCUT2D eigenvalue weighted by molar-refractivity contribution is -0.119. The molecule has 100 heavy (non-hydrogen) atoms.